The maximum atomic E-state index is 5.36. The van der Waals surface area contributed by atoms with Crippen LogP contribution in [-0.2, 0) is 4.74 Å². The topological polar surface area (TPSA) is 63.3 Å². The Labute approximate surface area is 151 Å². The minimum Gasteiger partial charge on any atom is -0.497 e. The van der Waals surface area contributed by atoms with Crippen molar-refractivity contribution >= 4 is 33.3 Å². The van der Waals surface area contributed by atoms with E-state index in [-0.39, 0.29) is 0 Å². The quantitative estimate of drug-likeness (QED) is 0.572. The molecule has 0 bridgehead atoms. The average molecular weight is 348 g/mol. The van der Waals surface area contributed by atoms with Gasteiger partial charge in [0.1, 0.15) is 11.3 Å². The number of nitrogens with one attached hydrogen (secondary N) is 1. The Balaban J connectivity index is 1.94. The number of pyridine rings is 1. The van der Waals surface area contributed by atoms with Gasteiger partial charge in [-0.05, 0) is 30.3 Å². The second kappa shape index (κ2) is 7.01. The van der Waals surface area contributed by atoms with Crippen molar-refractivity contribution in [3.8, 4) is 5.75 Å². The molecule has 2 heterocycles. The highest BCUT2D eigenvalue weighted by Gasteiger charge is 2.18. The van der Waals surface area contributed by atoms with Gasteiger partial charge < -0.3 is 14.4 Å². The normalized spacial score (nSPS) is 11.2. The van der Waals surface area contributed by atoms with Crippen molar-refractivity contribution in [2.75, 3.05) is 32.3 Å². The molecular formula is C20H20N4O2. The fraction of sp³-hybridized carbons (Fsp3) is 0.200. The minimum absolute atomic E-state index is 0.590. The lowest BCUT2D eigenvalue weighted by molar-refractivity contribution is 0.207. The number of nitrogens with zero attached hydrogens (tertiary/aromatic N) is 3. The monoisotopic (exact) mass is 348 g/mol. The largest absolute Gasteiger partial charge is 0.497 e. The third kappa shape index (κ3) is 2.84. The number of hydrogen-bond donors (Lipinski definition) is 1. The molecule has 0 radical (unpaired) electrons. The number of aromatic nitrogens is 3. The van der Waals surface area contributed by atoms with Crippen molar-refractivity contribution < 1.29 is 9.47 Å². The molecule has 6 nitrogen and oxygen atoms in total. The number of anilines is 2. The van der Waals surface area contributed by atoms with Crippen molar-refractivity contribution in [2.45, 2.75) is 0 Å². The number of rotatable bonds is 6. The number of benzene rings is 2. The molecule has 26 heavy (non-hydrogen) atoms. The van der Waals surface area contributed by atoms with Crippen LogP contribution >= 0.6 is 0 Å². The molecule has 0 atom stereocenters. The van der Waals surface area contributed by atoms with Crippen molar-refractivity contribution in [2.24, 2.45) is 0 Å². The van der Waals surface area contributed by atoms with Gasteiger partial charge in [-0.3, -0.25) is 5.10 Å². The van der Waals surface area contributed by atoms with Crippen LogP contribution in [0.5, 0.6) is 5.75 Å². The second-order valence-electron chi connectivity index (χ2n) is 5.96. The SMILES string of the molecule is COCCN(c1ccccc1)c1nc2ccc(OC)cc2c2cn[nH]c12. The van der Waals surface area contributed by atoms with Crippen LogP contribution in [0.3, 0.4) is 0 Å². The summed E-state index contributed by atoms with van der Waals surface area (Å²) in [4.78, 5) is 7.07. The van der Waals surface area contributed by atoms with Crippen LogP contribution in [0.1, 0.15) is 0 Å². The number of para-hydroxylation sites is 1. The number of aromatic amines is 1. The molecule has 0 fully saturated rings. The van der Waals surface area contributed by atoms with E-state index < -0.39 is 0 Å². The molecule has 0 saturated carbocycles. The first kappa shape index (κ1) is 16.4. The Kier molecular flexibility index (Phi) is 4.41. The lowest BCUT2D eigenvalue weighted by atomic mass is 10.1. The average Bonchev–Trinajstić information content (AvgIpc) is 3.19. The molecule has 0 amide bonds. The van der Waals surface area contributed by atoms with E-state index in [0.717, 1.165) is 39.1 Å². The molecule has 132 valence electrons. The fourth-order valence-corrected chi connectivity index (χ4v) is 3.13. The van der Waals surface area contributed by atoms with Gasteiger partial charge in [0.2, 0.25) is 0 Å². The molecule has 4 aromatic rings. The van der Waals surface area contributed by atoms with E-state index in [2.05, 4.69) is 27.2 Å². The minimum atomic E-state index is 0.590. The van der Waals surface area contributed by atoms with Gasteiger partial charge in [-0.15, -0.1) is 0 Å². The molecule has 0 unspecified atom stereocenters. The zero-order chi connectivity index (χ0) is 17.9. The Morgan fingerprint density at radius 3 is 2.65 bits per heavy atom. The molecule has 1 N–H and O–H groups in total. The van der Waals surface area contributed by atoms with E-state index in [4.69, 9.17) is 14.5 Å². The van der Waals surface area contributed by atoms with E-state index in [1.807, 2.05) is 42.6 Å². The van der Waals surface area contributed by atoms with E-state index in [1.54, 1.807) is 14.2 Å². The summed E-state index contributed by atoms with van der Waals surface area (Å²) in [6.45, 7) is 1.27. The first-order valence-electron chi connectivity index (χ1n) is 8.44. The molecule has 0 saturated heterocycles. The summed E-state index contributed by atoms with van der Waals surface area (Å²) in [6, 6.07) is 16.1. The van der Waals surface area contributed by atoms with Crippen molar-refractivity contribution in [1.29, 1.82) is 0 Å². The smallest absolute Gasteiger partial charge is 0.159 e. The summed E-state index contributed by atoms with van der Waals surface area (Å²) in [5, 5.41) is 9.40. The molecule has 2 aromatic heterocycles. The van der Waals surface area contributed by atoms with Crippen LogP contribution in [0.25, 0.3) is 21.8 Å². The maximum absolute atomic E-state index is 5.36. The van der Waals surface area contributed by atoms with E-state index in [9.17, 15) is 0 Å². The highest BCUT2D eigenvalue weighted by molar-refractivity contribution is 6.09. The van der Waals surface area contributed by atoms with Gasteiger partial charge in [-0.25, -0.2) is 4.98 Å². The molecule has 4 rings (SSSR count). The van der Waals surface area contributed by atoms with Gasteiger partial charge in [-0.2, -0.15) is 5.10 Å². The predicted octanol–water partition coefficient (Wildman–Crippen LogP) is 3.90. The number of H-pyrrole nitrogens is 1. The lowest BCUT2D eigenvalue weighted by Gasteiger charge is -2.24. The van der Waals surface area contributed by atoms with Crippen LogP contribution in [0, 0.1) is 0 Å². The Hall–Kier alpha value is -3.12. The number of fused-ring (bicyclic) bond motifs is 3. The van der Waals surface area contributed by atoms with E-state index in [1.165, 1.54) is 0 Å². The summed E-state index contributed by atoms with van der Waals surface area (Å²) in [5.74, 6) is 1.63. The summed E-state index contributed by atoms with van der Waals surface area (Å²) >= 11 is 0. The Bertz CT molecular complexity index is 1030. The Morgan fingerprint density at radius 1 is 1.04 bits per heavy atom. The zero-order valence-electron chi connectivity index (χ0n) is 14.8. The van der Waals surface area contributed by atoms with Crippen LogP contribution in [-0.4, -0.2) is 42.6 Å². The van der Waals surface area contributed by atoms with Crippen LogP contribution in [0.2, 0.25) is 0 Å². The molecule has 0 aliphatic carbocycles. The molecule has 2 aromatic carbocycles. The maximum Gasteiger partial charge on any atom is 0.159 e. The molecule has 6 heteroatoms. The summed E-state index contributed by atoms with van der Waals surface area (Å²) in [7, 11) is 3.37. The van der Waals surface area contributed by atoms with Gasteiger partial charge in [0.15, 0.2) is 5.82 Å². The van der Waals surface area contributed by atoms with Crippen molar-refractivity contribution in [1.82, 2.24) is 15.2 Å². The van der Waals surface area contributed by atoms with Crippen LogP contribution < -0.4 is 9.64 Å². The standard InChI is InChI=1S/C20H20N4O2/c1-25-11-10-24(14-6-4-3-5-7-14)20-19-17(13-21-23-19)16-12-15(26-2)8-9-18(16)22-20/h3-9,12-13H,10-11H2,1-2H3,(H,21,23). The third-order valence-corrected chi connectivity index (χ3v) is 4.43. The molecule has 0 aliphatic heterocycles. The van der Waals surface area contributed by atoms with Crippen molar-refractivity contribution in [3.63, 3.8) is 0 Å². The zero-order valence-corrected chi connectivity index (χ0v) is 14.8. The van der Waals surface area contributed by atoms with Gasteiger partial charge >= 0.3 is 0 Å². The van der Waals surface area contributed by atoms with E-state index >= 15 is 0 Å². The molecule has 0 aliphatic rings. The summed E-state index contributed by atoms with van der Waals surface area (Å²) in [6.07, 6.45) is 1.84. The van der Waals surface area contributed by atoms with Gasteiger partial charge in [0, 0.05) is 30.1 Å². The van der Waals surface area contributed by atoms with Crippen LogP contribution in [0.15, 0.2) is 54.7 Å². The Morgan fingerprint density at radius 2 is 1.88 bits per heavy atom. The molecular weight excluding hydrogens is 328 g/mol. The fourth-order valence-electron chi connectivity index (χ4n) is 3.13. The highest BCUT2D eigenvalue weighted by Crippen LogP contribution is 2.34. The van der Waals surface area contributed by atoms with E-state index in [0.29, 0.717) is 13.2 Å². The molecule has 0 spiro atoms. The highest BCUT2D eigenvalue weighted by atomic mass is 16.5. The van der Waals surface area contributed by atoms with Crippen LogP contribution in [0.4, 0.5) is 11.5 Å². The second-order valence-corrected chi connectivity index (χ2v) is 5.96. The predicted molar refractivity (Wildman–Crippen MR) is 103 cm³/mol. The van der Waals surface area contributed by atoms with Gasteiger partial charge in [-0.1, -0.05) is 18.2 Å². The first-order valence-corrected chi connectivity index (χ1v) is 8.44. The van der Waals surface area contributed by atoms with Crippen molar-refractivity contribution in [3.05, 3.63) is 54.7 Å². The number of methoxy groups -OCH3 is 2. The third-order valence-electron chi connectivity index (χ3n) is 4.43. The first-order chi connectivity index (χ1) is 12.8. The van der Waals surface area contributed by atoms with Gasteiger partial charge in [0.05, 0.1) is 25.4 Å². The number of ether oxygens (including phenoxy) is 2. The summed E-state index contributed by atoms with van der Waals surface area (Å²) in [5.41, 5.74) is 2.85. The van der Waals surface area contributed by atoms with Gasteiger partial charge in [0.25, 0.3) is 0 Å². The number of hydrogen-bond acceptors (Lipinski definition) is 5. The summed E-state index contributed by atoms with van der Waals surface area (Å²) < 4.78 is 10.7. The lowest BCUT2D eigenvalue weighted by Crippen LogP contribution is -2.23.